The van der Waals surface area contributed by atoms with Gasteiger partial charge in [0.15, 0.2) is 0 Å². The Hall–Kier alpha value is -0.710. The fourth-order valence-electron chi connectivity index (χ4n) is 1.81. The lowest BCUT2D eigenvalue weighted by Gasteiger charge is -2.36. The van der Waals surface area contributed by atoms with Crippen LogP contribution in [0.4, 0.5) is 8.78 Å². The number of alkyl halides is 2. The molecule has 1 saturated heterocycles. The monoisotopic (exact) mass is 207 g/mol. The molecular formula is C9H15F2NO2. The topological polar surface area (TPSA) is 40.5 Å². The largest absolute Gasteiger partial charge is 0.481 e. The van der Waals surface area contributed by atoms with Gasteiger partial charge in [0.1, 0.15) is 0 Å². The molecular weight excluding hydrogens is 192 g/mol. The van der Waals surface area contributed by atoms with Crippen molar-refractivity contribution in [2.45, 2.75) is 25.2 Å². The number of hydrogen-bond donors (Lipinski definition) is 1. The highest BCUT2D eigenvalue weighted by atomic mass is 19.3. The summed E-state index contributed by atoms with van der Waals surface area (Å²) in [5.74, 6) is -4.50. The number of hydrogen-bond acceptors (Lipinski definition) is 2. The molecule has 0 aromatic heterocycles. The van der Waals surface area contributed by atoms with Gasteiger partial charge in [0.25, 0.3) is 5.92 Å². The van der Waals surface area contributed by atoms with Gasteiger partial charge in [-0.3, -0.25) is 4.79 Å². The number of likely N-dealkylation sites (tertiary alicyclic amines) is 1. The molecule has 1 unspecified atom stereocenters. The first kappa shape index (κ1) is 11.4. The summed E-state index contributed by atoms with van der Waals surface area (Å²) in [6.45, 7) is 0.372. The zero-order valence-corrected chi connectivity index (χ0v) is 8.17. The van der Waals surface area contributed by atoms with Crippen LogP contribution in [0.5, 0.6) is 0 Å². The summed E-state index contributed by atoms with van der Waals surface area (Å²) in [5.41, 5.74) is 0. The lowest BCUT2D eigenvalue weighted by atomic mass is 9.89. The summed E-state index contributed by atoms with van der Waals surface area (Å²) in [7, 11) is 1.65. The second-order valence-electron chi connectivity index (χ2n) is 3.92. The second-order valence-corrected chi connectivity index (χ2v) is 3.92. The molecule has 0 saturated carbocycles. The number of aliphatic carboxylic acids is 1. The maximum absolute atomic E-state index is 13.3. The van der Waals surface area contributed by atoms with Gasteiger partial charge in [-0.1, -0.05) is 0 Å². The van der Waals surface area contributed by atoms with Crippen LogP contribution in [0.15, 0.2) is 0 Å². The number of halogens is 2. The van der Waals surface area contributed by atoms with Crippen LogP contribution in [0.2, 0.25) is 0 Å². The summed E-state index contributed by atoms with van der Waals surface area (Å²) in [4.78, 5) is 11.8. The summed E-state index contributed by atoms with van der Waals surface area (Å²) in [5, 5.41) is 8.41. The van der Waals surface area contributed by atoms with E-state index in [0.29, 0.717) is 13.0 Å². The van der Waals surface area contributed by atoms with Crippen molar-refractivity contribution in [2.24, 2.45) is 5.92 Å². The summed E-state index contributed by atoms with van der Waals surface area (Å²) >= 11 is 0. The van der Waals surface area contributed by atoms with Crippen LogP contribution in [0, 0.1) is 5.92 Å². The van der Waals surface area contributed by atoms with Crippen LogP contribution in [0.3, 0.4) is 0 Å². The minimum atomic E-state index is -2.73. The fourth-order valence-corrected chi connectivity index (χ4v) is 1.81. The van der Waals surface area contributed by atoms with Gasteiger partial charge in [-0.25, -0.2) is 8.78 Å². The summed E-state index contributed by atoms with van der Waals surface area (Å²) in [6, 6.07) is 0. The molecule has 1 heterocycles. The average molecular weight is 207 g/mol. The normalized spacial score (nSPS) is 27.5. The van der Waals surface area contributed by atoms with Crippen LogP contribution < -0.4 is 0 Å². The third kappa shape index (κ3) is 2.90. The number of rotatable bonds is 3. The highest BCUT2D eigenvalue weighted by molar-refractivity contribution is 5.66. The average Bonchev–Trinajstić information content (AvgIpc) is 2.00. The van der Waals surface area contributed by atoms with Gasteiger partial charge >= 0.3 is 5.97 Å². The van der Waals surface area contributed by atoms with E-state index in [9.17, 15) is 13.6 Å². The molecule has 1 N–H and O–H groups in total. The first-order valence-corrected chi connectivity index (χ1v) is 4.70. The molecule has 0 aromatic carbocycles. The highest BCUT2D eigenvalue weighted by Gasteiger charge is 2.43. The first-order chi connectivity index (χ1) is 6.42. The van der Waals surface area contributed by atoms with Crippen LogP contribution >= 0.6 is 0 Å². The van der Waals surface area contributed by atoms with Crippen molar-refractivity contribution in [3.05, 3.63) is 0 Å². The number of carbonyl (C=O) groups is 1. The van der Waals surface area contributed by atoms with Crippen LogP contribution in [-0.4, -0.2) is 42.0 Å². The Balaban J connectivity index is 2.47. The summed E-state index contributed by atoms with van der Waals surface area (Å²) in [6.07, 6.45) is 0.303. The Kier molecular flexibility index (Phi) is 3.42. The van der Waals surface area contributed by atoms with E-state index in [2.05, 4.69) is 0 Å². The van der Waals surface area contributed by atoms with Gasteiger partial charge in [-0.2, -0.15) is 0 Å². The van der Waals surface area contributed by atoms with E-state index >= 15 is 0 Å². The number of nitrogens with zero attached hydrogens (tertiary/aromatic N) is 1. The van der Waals surface area contributed by atoms with Gasteiger partial charge in [-0.15, -0.1) is 0 Å². The molecule has 0 bridgehead atoms. The number of carboxylic acids is 1. The predicted octanol–water partition coefficient (Wildman–Crippen LogP) is 1.44. The van der Waals surface area contributed by atoms with Crippen molar-refractivity contribution in [3.8, 4) is 0 Å². The minimum Gasteiger partial charge on any atom is -0.481 e. The SMILES string of the molecule is CN1CCC(CCC(=O)O)C(F)(F)C1. The van der Waals surface area contributed by atoms with Crippen molar-refractivity contribution < 1.29 is 18.7 Å². The molecule has 82 valence electrons. The Morgan fingerprint density at radius 2 is 2.29 bits per heavy atom. The molecule has 14 heavy (non-hydrogen) atoms. The molecule has 0 amide bonds. The van der Waals surface area contributed by atoms with E-state index in [1.54, 1.807) is 11.9 Å². The molecule has 0 aliphatic carbocycles. The maximum atomic E-state index is 13.3. The molecule has 1 aliphatic rings. The van der Waals surface area contributed by atoms with Crippen LogP contribution in [0.25, 0.3) is 0 Å². The van der Waals surface area contributed by atoms with Crippen molar-refractivity contribution >= 4 is 5.97 Å². The van der Waals surface area contributed by atoms with Gasteiger partial charge < -0.3 is 10.0 Å². The van der Waals surface area contributed by atoms with Crippen molar-refractivity contribution in [1.82, 2.24) is 4.90 Å². The van der Waals surface area contributed by atoms with Crippen LogP contribution in [-0.2, 0) is 4.79 Å². The number of carboxylic acid groups (broad SMARTS) is 1. The molecule has 3 nitrogen and oxygen atoms in total. The molecule has 5 heteroatoms. The molecule has 1 aliphatic heterocycles. The van der Waals surface area contributed by atoms with Crippen molar-refractivity contribution in [2.75, 3.05) is 20.1 Å². The van der Waals surface area contributed by atoms with Gasteiger partial charge in [-0.05, 0) is 26.4 Å². The molecule has 1 atom stereocenters. The lowest BCUT2D eigenvalue weighted by molar-refractivity contribution is -0.140. The molecule has 1 fully saturated rings. The van der Waals surface area contributed by atoms with Gasteiger partial charge in [0, 0.05) is 12.3 Å². The van der Waals surface area contributed by atoms with E-state index in [1.165, 1.54) is 0 Å². The number of piperidine rings is 1. The highest BCUT2D eigenvalue weighted by Crippen LogP contribution is 2.35. The second kappa shape index (κ2) is 4.21. The predicted molar refractivity (Wildman–Crippen MR) is 47.4 cm³/mol. The molecule has 0 radical (unpaired) electrons. The Morgan fingerprint density at radius 3 is 2.79 bits per heavy atom. The van der Waals surface area contributed by atoms with E-state index in [1.807, 2.05) is 0 Å². The lowest BCUT2D eigenvalue weighted by Crippen LogP contribution is -2.46. The van der Waals surface area contributed by atoms with E-state index < -0.39 is 17.8 Å². The van der Waals surface area contributed by atoms with Crippen molar-refractivity contribution in [3.63, 3.8) is 0 Å². The van der Waals surface area contributed by atoms with E-state index in [4.69, 9.17) is 5.11 Å². The van der Waals surface area contributed by atoms with Gasteiger partial charge in [0.2, 0.25) is 0 Å². The van der Waals surface area contributed by atoms with E-state index in [-0.39, 0.29) is 19.4 Å². The molecule has 0 spiro atoms. The maximum Gasteiger partial charge on any atom is 0.303 e. The quantitative estimate of drug-likeness (QED) is 0.761. The third-order valence-corrected chi connectivity index (χ3v) is 2.64. The molecule has 1 rings (SSSR count). The van der Waals surface area contributed by atoms with E-state index in [0.717, 1.165) is 0 Å². The fraction of sp³-hybridized carbons (Fsp3) is 0.889. The zero-order valence-electron chi connectivity index (χ0n) is 8.17. The summed E-state index contributed by atoms with van der Waals surface area (Å²) < 4.78 is 26.7. The first-order valence-electron chi connectivity index (χ1n) is 4.70. The van der Waals surface area contributed by atoms with Crippen LogP contribution in [0.1, 0.15) is 19.3 Å². The van der Waals surface area contributed by atoms with Crippen molar-refractivity contribution in [1.29, 1.82) is 0 Å². The third-order valence-electron chi connectivity index (χ3n) is 2.64. The minimum absolute atomic E-state index is 0.0795. The van der Waals surface area contributed by atoms with Gasteiger partial charge in [0.05, 0.1) is 6.54 Å². The Labute approximate surface area is 81.7 Å². The Morgan fingerprint density at radius 1 is 1.64 bits per heavy atom. The molecule has 0 aromatic rings. The zero-order chi connectivity index (χ0) is 10.8. The standard InChI is InChI=1S/C9H15F2NO2/c1-12-5-4-7(2-3-8(13)14)9(10,11)6-12/h7H,2-6H2,1H3,(H,13,14). The Bertz CT molecular complexity index is 221. The smallest absolute Gasteiger partial charge is 0.303 e.